The number of methoxy groups -OCH3 is 1. The summed E-state index contributed by atoms with van der Waals surface area (Å²) in [5, 5.41) is 0. The molecule has 1 atom stereocenters. The number of para-hydroxylation sites is 1. The Bertz CT molecular complexity index is 664. The largest absolute Gasteiger partial charge is 0.490 e. The number of carbonyl (C=O) groups excluding carboxylic acids is 2. The third-order valence-corrected chi connectivity index (χ3v) is 3.89. The molecule has 1 aromatic rings. The fourth-order valence-corrected chi connectivity index (χ4v) is 2.74. The van der Waals surface area contributed by atoms with Crippen LogP contribution < -0.4 is 4.74 Å². The number of benzene rings is 1. The van der Waals surface area contributed by atoms with Crippen LogP contribution in [0.1, 0.15) is 45.0 Å². The number of rotatable bonds is 4. The van der Waals surface area contributed by atoms with Crippen LogP contribution in [0.4, 0.5) is 4.79 Å². The van der Waals surface area contributed by atoms with Crippen molar-refractivity contribution in [3.63, 3.8) is 0 Å². The summed E-state index contributed by atoms with van der Waals surface area (Å²) in [5.41, 5.74) is -1.09. The van der Waals surface area contributed by atoms with Crippen molar-refractivity contribution in [3.05, 3.63) is 29.8 Å². The predicted octanol–water partition coefficient (Wildman–Crippen LogP) is 3.22. The SMILES string of the molecule is COC(=O)c1ccccc1OC[C@H]1COC(C)(C)N1C(=O)OC(C)(C)C. The van der Waals surface area contributed by atoms with E-state index in [4.69, 9.17) is 18.9 Å². The van der Waals surface area contributed by atoms with Crippen molar-refractivity contribution in [3.8, 4) is 5.75 Å². The minimum atomic E-state index is -0.807. The number of hydrogen-bond acceptors (Lipinski definition) is 6. The fourth-order valence-electron chi connectivity index (χ4n) is 2.74. The second-order valence-electron chi connectivity index (χ2n) is 7.56. The Morgan fingerprint density at radius 2 is 1.92 bits per heavy atom. The first-order valence-corrected chi connectivity index (χ1v) is 8.51. The lowest BCUT2D eigenvalue weighted by atomic mass is 10.2. The average Bonchev–Trinajstić information content (AvgIpc) is 2.85. The molecule has 2 rings (SSSR count). The highest BCUT2D eigenvalue weighted by atomic mass is 16.6. The molecule has 144 valence electrons. The van der Waals surface area contributed by atoms with Gasteiger partial charge in [0.15, 0.2) is 0 Å². The van der Waals surface area contributed by atoms with E-state index < -0.39 is 23.4 Å². The lowest BCUT2D eigenvalue weighted by molar-refractivity contribution is -0.0637. The average molecular weight is 365 g/mol. The summed E-state index contributed by atoms with van der Waals surface area (Å²) < 4.78 is 21.8. The Morgan fingerprint density at radius 1 is 1.27 bits per heavy atom. The minimum absolute atomic E-state index is 0.163. The Kier molecular flexibility index (Phi) is 5.81. The van der Waals surface area contributed by atoms with Crippen LogP contribution in [0.2, 0.25) is 0 Å². The van der Waals surface area contributed by atoms with Gasteiger partial charge in [-0.25, -0.2) is 9.59 Å². The second kappa shape index (κ2) is 7.53. The lowest BCUT2D eigenvalue weighted by Gasteiger charge is -2.35. The van der Waals surface area contributed by atoms with E-state index in [-0.39, 0.29) is 12.6 Å². The number of hydrogen-bond donors (Lipinski definition) is 0. The molecular formula is C19H27NO6. The van der Waals surface area contributed by atoms with Crippen LogP contribution >= 0.6 is 0 Å². The van der Waals surface area contributed by atoms with Gasteiger partial charge in [-0.2, -0.15) is 0 Å². The van der Waals surface area contributed by atoms with Gasteiger partial charge in [-0.15, -0.1) is 0 Å². The third kappa shape index (κ3) is 4.66. The molecule has 0 N–H and O–H groups in total. The zero-order valence-corrected chi connectivity index (χ0v) is 16.2. The molecule has 0 unspecified atom stereocenters. The van der Waals surface area contributed by atoms with E-state index in [1.165, 1.54) is 7.11 Å². The summed E-state index contributed by atoms with van der Waals surface area (Å²) in [6, 6.07) is 6.47. The van der Waals surface area contributed by atoms with Crippen LogP contribution in [-0.4, -0.2) is 54.7 Å². The number of nitrogens with zero attached hydrogens (tertiary/aromatic N) is 1. The van der Waals surface area contributed by atoms with Crippen LogP contribution in [0.3, 0.4) is 0 Å². The maximum absolute atomic E-state index is 12.6. The quantitative estimate of drug-likeness (QED) is 0.763. The van der Waals surface area contributed by atoms with Crippen molar-refractivity contribution < 1.29 is 28.5 Å². The number of carbonyl (C=O) groups is 2. The molecule has 0 aliphatic carbocycles. The van der Waals surface area contributed by atoms with Crippen molar-refractivity contribution in [1.29, 1.82) is 0 Å². The van der Waals surface area contributed by atoms with Crippen molar-refractivity contribution in [2.75, 3.05) is 20.3 Å². The molecule has 0 radical (unpaired) electrons. The van der Waals surface area contributed by atoms with Gasteiger partial charge in [0.1, 0.15) is 29.2 Å². The first kappa shape index (κ1) is 20.0. The molecule has 1 heterocycles. The van der Waals surface area contributed by atoms with Gasteiger partial charge in [-0.3, -0.25) is 4.90 Å². The maximum atomic E-state index is 12.6. The Morgan fingerprint density at radius 3 is 2.54 bits per heavy atom. The molecule has 0 saturated carbocycles. The summed E-state index contributed by atoms with van der Waals surface area (Å²) in [6.45, 7) is 9.52. The van der Waals surface area contributed by atoms with Crippen LogP contribution in [0, 0.1) is 0 Å². The Balaban J connectivity index is 2.13. The topological polar surface area (TPSA) is 74.3 Å². The van der Waals surface area contributed by atoms with E-state index in [0.717, 1.165) is 0 Å². The van der Waals surface area contributed by atoms with Crippen molar-refractivity contribution in [2.45, 2.75) is 52.0 Å². The van der Waals surface area contributed by atoms with Crippen LogP contribution in [0.15, 0.2) is 24.3 Å². The number of esters is 1. The predicted molar refractivity (Wildman–Crippen MR) is 95.2 cm³/mol. The fraction of sp³-hybridized carbons (Fsp3) is 0.579. The highest BCUT2D eigenvalue weighted by molar-refractivity contribution is 5.92. The van der Waals surface area contributed by atoms with Gasteiger partial charge in [0, 0.05) is 0 Å². The molecule has 0 aromatic heterocycles. The van der Waals surface area contributed by atoms with E-state index in [0.29, 0.717) is 17.9 Å². The maximum Gasteiger partial charge on any atom is 0.413 e. The summed E-state index contributed by atoms with van der Waals surface area (Å²) in [5.74, 6) is -0.0826. The smallest absolute Gasteiger partial charge is 0.413 e. The summed E-state index contributed by atoms with van der Waals surface area (Å²) in [7, 11) is 1.32. The zero-order valence-electron chi connectivity index (χ0n) is 16.2. The molecule has 1 saturated heterocycles. The number of amides is 1. The van der Waals surface area contributed by atoms with Crippen LogP contribution in [0.25, 0.3) is 0 Å². The third-order valence-electron chi connectivity index (χ3n) is 3.89. The standard InChI is InChI=1S/C19H27NO6/c1-18(2,3)26-17(22)20-13(12-25-19(20,4)5)11-24-15-10-8-7-9-14(15)16(21)23-6/h7-10,13H,11-12H2,1-6H3/t13-/m0/s1. The molecule has 1 aliphatic heterocycles. The van der Waals surface area contributed by atoms with E-state index in [2.05, 4.69) is 0 Å². The second-order valence-corrected chi connectivity index (χ2v) is 7.56. The Hall–Kier alpha value is -2.28. The zero-order chi connectivity index (χ0) is 19.5. The van der Waals surface area contributed by atoms with E-state index >= 15 is 0 Å². The van der Waals surface area contributed by atoms with Crippen molar-refractivity contribution in [2.24, 2.45) is 0 Å². The normalized spacial score (nSPS) is 19.2. The van der Waals surface area contributed by atoms with Crippen molar-refractivity contribution >= 4 is 12.1 Å². The molecule has 1 aromatic carbocycles. The molecule has 1 fully saturated rings. The molecule has 1 aliphatic rings. The summed E-state index contributed by atoms with van der Waals surface area (Å²) in [6.07, 6.45) is -0.463. The highest BCUT2D eigenvalue weighted by Gasteiger charge is 2.46. The molecule has 0 spiro atoms. The van der Waals surface area contributed by atoms with Gasteiger partial charge < -0.3 is 18.9 Å². The van der Waals surface area contributed by atoms with Crippen LogP contribution in [0.5, 0.6) is 5.75 Å². The van der Waals surface area contributed by atoms with Gasteiger partial charge in [0.05, 0.1) is 19.8 Å². The van der Waals surface area contributed by atoms with E-state index in [9.17, 15) is 9.59 Å². The Labute approximate surface area is 154 Å². The van der Waals surface area contributed by atoms with Gasteiger partial charge in [0.25, 0.3) is 0 Å². The number of ether oxygens (including phenoxy) is 4. The van der Waals surface area contributed by atoms with Crippen molar-refractivity contribution in [1.82, 2.24) is 4.90 Å². The summed E-state index contributed by atoms with van der Waals surface area (Å²) in [4.78, 5) is 26.0. The molecule has 0 bridgehead atoms. The first-order chi connectivity index (χ1) is 12.0. The summed E-state index contributed by atoms with van der Waals surface area (Å²) >= 11 is 0. The van der Waals surface area contributed by atoms with Gasteiger partial charge >= 0.3 is 12.1 Å². The van der Waals surface area contributed by atoms with E-state index in [1.54, 1.807) is 43.0 Å². The van der Waals surface area contributed by atoms with Crippen LogP contribution in [-0.2, 0) is 14.2 Å². The molecule has 1 amide bonds. The minimum Gasteiger partial charge on any atom is -0.490 e. The monoisotopic (exact) mass is 365 g/mol. The molecule has 7 heteroatoms. The van der Waals surface area contributed by atoms with Gasteiger partial charge in [0.2, 0.25) is 0 Å². The van der Waals surface area contributed by atoms with Gasteiger partial charge in [-0.1, -0.05) is 12.1 Å². The first-order valence-electron chi connectivity index (χ1n) is 8.51. The highest BCUT2D eigenvalue weighted by Crippen LogP contribution is 2.30. The molecule has 7 nitrogen and oxygen atoms in total. The van der Waals surface area contributed by atoms with Gasteiger partial charge in [-0.05, 0) is 46.8 Å². The molecule has 26 heavy (non-hydrogen) atoms. The van der Waals surface area contributed by atoms with E-state index in [1.807, 2.05) is 20.8 Å². The molecular weight excluding hydrogens is 338 g/mol. The lowest BCUT2D eigenvalue weighted by Crippen LogP contribution is -2.51.